The minimum absolute atomic E-state index is 0.0495. The standard InChI is InChI=1S/C13H12N2O3/c1-3-10(2)14-13(16)9-8-11-6-4-5-7-12(11)15(17)18/h1,4-10H,2H3,(H,14,16)/b9-8+. The van der Waals surface area contributed by atoms with Crippen LogP contribution in [-0.2, 0) is 4.79 Å². The topological polar surface area (TPSA) is 72.2 Å². The Morgan fingerprint density at radius 1 is 1.56 bits per heavy atom. The first-order chi connectivity index (χ1) is 8.54. The van der Waals surface area contributed by atoms with E-state index in [1.165, 1.54) is 18.2 Å². The molecule has 1 aromatic carbocycles. The second kappa shape index (κ2) is 6.21. The van der Waals surface area contributed by atoms with E-state index in [0.29, 0.717) is 5.56 Å². The van der Waals surface area contributed by atoms with Crippen molar-refractivity contribution in [2.24, 2.45) is 0 Å². The summed E-state index contributed by atoms with van der Waals surface area (Å²) >= 11 is 0. The maximum Gasteiger partial charge on any atom is 0.276 e. The van der Waals surface area contributed by atoms with Crippen LogP contribution >= 0.6 is 0 Å². The Balaban J connectivity index is 2.82. The SMILES string of the molecule is C#CC(C)NC(=O)/C=C/c1ccccc1[N+](=O)[O-]. The Hall–Kier alpha value is -2.61. The Kier molecular flexibility index (Phi) is 4.64. The molecule has 5 heteroatoms. The lowest BCUT2D eigenvalue weighted by molar-refractivity contribution is -0.385. The summed E-state index contributed by atoms with van der Waals surface area (Å²) in [6, 6.07) is 5.78. The molecule has 1 atom stereocenters. The lowest BCUT2D eigenvalue weighted by Gasteiger charge is -2.03. The van der Waals surface area contributed by atoms with E-state index < -0.39 is 10.8 Å². The zero-order valence-electron chi connectivity index (χ0n) is 9.79. The maximum atomic E-state index is 11.4. The lowest BCUT2D eigenvalue weighted by Crippen LogP contribution is -2.29. The van der Waals surface area contributed by atoms with Gasteiger partial charge in [0.15, 0.2) is 0 Å². The number of nitrogens with one attached hydrogen (secondary N) is 1. The van der Waals surface area contributed by atoms with Crippen LogP contribution in [0.15, 0.2) is 30.3 Å². The third-order valence-electron chi connectivity index (χ3n) is 2.16. The number of rotatable bonds is 4. The van der Waals surface area contributed by atoms with E-state index in [2.05, 4.69) is 11.2 Å². The third kappa shape index (κ3) is 3.76. The molecule has 0 radical (unpaired) electrons. The number of benzene rings is 1. The van der Waals surface area contributed by atoms with Gasteiger partial charge in [0.1, 0.15) is 0 Å². The predicted molar refractivity (Wildman–Crippen MR) is 68.6 cm³/mol. The number of nitrogens with zero attached hydrogens (tertiary/aromatic N) is 1. The van der Waals surface area contributed by atoms with Crippen LogP contribution in [0.3, 0.4) is 0 Å². The van der Waals surface area contributed by atoms with Gasteiger partial charge in [-0.1, -0.05) is 18.1 Å². The summed E-state index contributed by atoms with van der Waals surface area (Å²) in [5.74, 6) is 1.96. The molecule has 0 aliphatic rings. The van der Waals surface area contributed by atoms with Gasteiger partial charge < -0.3 is 5.32 Å². The molecule has 5 nitrogen and oxygen atoms in total. The van der Waals surface area contributed by atoms with Crippen LogP contribution in [-0.4, -0.2) is 16.9 Å². The first-order valence-corrected chi connectivity index (χ1v) is 5.22. The highest BCUT2D eigenvalue weighted by Gasteiger charge is 2.09. The second-order valence-corrected chi connectivity index (χ2v) is 3.55. The van der Waals surface area contributed by atoms with Crippen molar-refractivity contribution in [2.45, 2.75) is 13.0 Å². The molecule has 1 unspecified atom stereocenters. The van der Waals surface area contributed by atoms with Crippen molar-refractivity contribution in [2.75, 3.05) is 0 Å². The van der Waals surface area contributed by atoms with E-state index in [0.717, 1.165) is 0 Å². The maximum absolute atomic E-state index is 11.4. The van der Waals surface area contributed by atoms with Gasteiger partial charge in [0.2, 0.25) is 5.91 Å². The summed E-state index contributed by atoms with van der Waals surface area (Å²) in [5, 5.41) is 13.3. The molecule has 0 bridgehead atoms. The molecular weight excluding hydrogens is 232 g/mol. The fourth-order valence-corrected chi connectivity index (χ4v) is 1.26. The summed E-state index contributed by atoms with van der Waals surface area (Å²) in [6.45, 7) is 1.66. The molecular formula is C13H12N2O3. The van der Waals surface area contributed by atoms with Crippen LogP contribution in [0.4, 0.5) is 5.69 Å². The second-order valence-electron chi connectivity index (χ2n) is 3.55. The average Bonchev–Trinajstić information content (AvgIpc) is 2.36. The van der Waals surface area contributed by atoms with Crippen molar-refractivity contribution in [3.05, 3.63) is 46.0 Å². The van der Waals surface area contributed by atoms with Crippen molar-refractivity contribution < 1.29 is 9.72 Å². The van der Waals surface area contributed by atoms with Gasteiger partial charge in [0, 0.05) is 12.1 Å². The summed E-state index contributed by atoms with van der Waals surface area (Å²) in [5.41, 5.74) is 0.317. The zero-order chi connectivity index (χ0) is 13.5. The van der Waals surface area contributed by atoms with Gasteiger partial charge >= 0.3 is 0 Å². The van der Waals surface area contributed by atoms with Crippen molar-refractivity contribution >= 4 is 17.7 Å². The van der Waals surface area contributed by atoms with E-state index in [1.54, 1.807) is 25.1 Å². The number of amides is 1. The van der Waals surface area contributed by atoms with E-state index in [4.69, 9.17) is 6.42 Å². The normalized spacial score (nSPS) is 11.8. The molecule has 0 aliphatic carbocycles. The van der Waals surface area contributed by atoms with Crippen molar-refractivity contribution in [3.63, 3.8) is 0 Å². The van der Waals surface area contributed by atoms with E-state index in [1.807, 2.05) is 0 Å². The van der Waals surface area contributed by atoms with Gasteiger partial charge in [0.25, 0.3) is 5.69 Å². The number of nitro benzene ring substituents is 1. The molecule has 1 N–H and O–H groups in total. The average molecular weight is 244 g/mol. The van der Waals surface area contributed by atoms with Crippen molar-refractivity contribution in [1.82, 2.24) is 5.32 Å². The van der Waals surface area contributed by atoms with Crippen molar-refractivity contribution in [3.8, 4) is 12.3 Å². The van der Waals surface area contributed by atoms with Crippen molar-refractivity contribution in [1.29, 1.82) is 0 Å². The molecule has 18 heavy (non-hydrogen) atoms. The Morgan fingerprint density at radius 3 is 2.83 bits per heavy atom. The predicted octanol–water partition coefficient (Wildman–Crippen LogP) is 1.75. The third-order valence-corrected chi connectivity index (χ3v) is 2.16. The van der Waals surface area contributed by atoms with Gasteiger partial charge in [-0.15, -0.1) is 6.42 Å². The highest BCUT2D eigenvalue weighted by Crippen LogP contribution is 2.18. The first kappa shape index (κ1) is 13.5. The van der Waals surface area contributed by atoms with Crippen LogP contribution in [0, 0.1) is 22.5 Å². The highest BCUT2D eigenvalue weighted by atomic mass is 16.6. The van der Waals surface area contributed by atoms with E-state index >= 15 is 0 Å². The summed E-state index contributed by atoms with van der Waals surface area (Å²) in [4.78, 5) is 21.6. The molecule has 0 fully saturated rings. The quantitative estimate of drug-likeness (QED) is 0.379. The number of carbonyl (C=O) groups excluding carboxylic acids is 1. The Morgan fingerprint density at radius 2 is 2.22 bits per heavy atom. The van der Waals surface area contributed by atoms with Crippen LogP contribution in [0.2, 0.25) is 0 Å². The Labute approximate surface area is 105 Å². The van der Waals surface area contributed by atoms with Crippen LogP contribution in [0.25, 0.3) is 6.08 Å². The fourth-order valence-electron chi connectivity index (χ4n) is 1.26. The van der Waals surface area contributed by atoms with Gasteiger partial charge in [-0.3, -0.25) is 14.9 Å². The monoisotopic (exact) mass is 244 g/mol. The van der Waals surface area contributed by atoms with Crippen LogP contribution < -0.4 is 5.32 Å². The van der Waals surface area contributed by atoms with Gasteiger partial charge in [-0.25, -0.2) is 0 Å². The van der Waals surface area contributed by atoms with Crippen LogP contribution in [0.5, 0.6) is 0 Å². The van der Waals surface area contributed by atoms with Gasteiger partial charge in [-0.2, -0.15) is 0 Å². The number of carbonyl (C=O) groups is 1. The first-order valence-electron chi connectivity index (χ1n) is 5.22. The highest BCUT2D eigenvalue weighted by molar-refractivity contribution is 5.92. The molecule has 0 heterocycles. The van der Waals surface area contributed by atoms with E-state index in [-0.39, 0.29) is 11.7 Å². The summed E-state index contributed by atoms with van der Waals surface area (Å²) < 4.78 is 0. The van der Waals surface area contributed by atoms with Gasteiger partial charge in [-0.05, 0) is 19.1 Å². The molecule has 0 saturated heterocycles. The van der Waals surface area contributed by atoms with Gasteiger partial charge in [0.05, 0.1) is 16.5 Å². The number of hydrogen-bond donors (Lipinski definition) is 1. The molecule has 0 aromatic heterocycles. The Bertz CT molecular complexity index is 529. The molecule has 1 aromatic rings. The van der Waals surface area contributed by atoms with E-state index in [9.17, 15) is 14.9 Å². The minimum Gasteiger partial charge on any atom is -0.339 e. The molecule has 1 amide bonds. The number of para-hydroxylation sites is 1. The molecule has 0 saturated carbocycles. The number of terminal acetylenes is 1. The summed E-state index contributed by atoms with van der Waals surface area (Å²) in [7, 11) is 0. The molecule has 0 aliphatic heterocycles. The van der Waals surface area contributed by atoms with Crippen LogP contribution in [0.1, 0.15) is 12.5 Å². The minimum atomic E-state index is -0.498. The fraction of sp³-hybridized carbons (Fsp3) is 0.154. The molecule has 1 rings (SSSR count). The number of nitro groups is 1. The largest absolute Gasteiger partial charge is 0.339 e. The lowest BCUT2D eigenvalue weighted by atomic mass is 10.1. The molecule has 0 spiro atoms. The smallest absolute Gasteiger partial charge is 0.276 e. The summed E-state index contributed by atoms with van der Waals surface area (Å²) in [6.07, 6.45) is 7.72. The molecule has 92 valence electrons. The number of hydrogen-bond acceptors (Lipinski definition) is 3. The zero-order valence-corrected chi connectivity index (χ0v) is 9.79.